The molecular weight excluding hydrogens is 183 g/mol. The first-order valence-corrected chi connectivity index (χ1v) is 2.64. The van der Waals surface area contributed by atoms with E-state index in [-0.39, 0.29) is 29.6 Å². The molecular formula is C4H8BrNaO2. The second kappa shape index (κ2) is 15.7. The minimum absolute atomic E-state index is 0. The molecule has 0 aliphatic heterocycles. The average Bonchev–Trinajstić information content (AvgIpc) is 1.33. The van der Waals surface area contributed by atoms with Gasteiger partial charge in [-0.05, 0) is 0 Å². The second-order valence-corrected chi connectivity index (χ2v) is 1.65. The molecule has 0 spiro atoms. The fourth-order valence-electron chi connectivity index (χ4n) is 0. The number of carbonyl (C=O) groups is 1. The summed E-state index contributed by atoms with van der Waals surface area (Å²) in [4.78, 5) is 9.00. The van der Waals surface area contributed by atoms with Crippen LogP contribution in [-0.4, -0.2) is 11.1 Å². The molecule has 8 heavy (non-hydrogen) atoms. The number of carboxylic acids is 1. The van der Waals surface area contributed by atoms with Gasteiger partial charge in [0.15, 0.2) is 0 Å². The van der Waals surface area contributed by atoms with Crippen LogP contribution >= 0.6 is 15.9 Å². The average molecular weight is 191 g/mol. The quantitative estimate of drug-likeness (QED) is 0.380. The van der Waals surface area contributed by atoms with Crippen molar-refractivity contribution in [3.8, 4) is 0 Å². The van der Waals surface area contributed by atoms with Gasteiger partial charge in [-0.3, -0.25) is 10.1 Å². The molecule has 0 bridgehead atoms. The van der Waals surface area contributed by atoms with Crippen molar-refractivity contribution >= 4 is 21.9 Å². The normalized spacial score (nSPS) is 5.38. The van der Waals surface area contributed by atoms with E-state index in [9.17, 15) is 0 Å². The molecule has 4 heteroatoms. The standard InChI is InChI=1S/C2H4Br.C2H4O2.Na/c1-2-3;1-2(3)4;/h2H,1H3;1H3,(H,3,4);/q-1;;+1. The largest absolute Gasteiger partial charge is 1.00 e. The van der Waals surface area contributed by atoms with Crippen LogP contribution in [0.15, 0.2) is 0 Å². The molecule has 0 radical (unpaired) electrons. The summed E-state index contributed by atoms with van der Waals surface area (Å²) in [5.74, 6) is -0.833. The van der Waals surface area contributed by atoms with Crippen molar-refractivity contribution in [3.63, 3.8) is 0 Å². The van der Waals surface area contributed by atoms with Gasteiger partial charge in [-0.15, -0.1) is 0 Å². The smallest absolute Gasteiger partial charge is 0.481 e. The molecule has 0 saturated carbocycles. The number of hydrogen-bond acceptors (Lipinski definition) is 1. The summed E-state index contributed by atoms with van der Waals surface area (Å²) in [6, 6.07) is 0. The Hall–Kier alpha value is 0.950. The summed E-state index contributed by atoms with van der Waals surface area (Å²) < 4.78 is 0. The van der Waals surface area contributed by atoms with Gasteiger partial charge in [-0.2, -0.15) is 6.92 Å². The van der Waals surface area contributed by atoms with Crippen molar-refractivity contribution in [2.75, 3.05) is 0 Å². The van der Waals surface area contributed by atoms with Gasteiger partial charge in [-0.1, -0.05) is 0 Å². The third kappa shape index (κ3) is 273. The Balaban J connectivity index is -0.0000000575. The molecule has 0 aromatic carbocycles. The van der Waals surface area contributed by atoms with Gasteiger partial charge in [0.25, 0.3) is 5.97 Å². The monoisotopic (exact) mass is 190 g/mol. The topological polar surface area (TPSA) is 37.3 Å². The van der Waals surface area contributed by atoms with E-state index in [0.29, 0.717) is 0 Å². The molecule has 1 N–H and O–H groups in total. The fraction of sp³-hybridized carbons (Fsp3) is 0.500. The third-order valence-electron chi connectivity index (χ3n) is 0. The first-order chi connectivity index (χ1) is 3.15. The predicted molar refractivity (Wildman–Crippen MR) is 32.2 cm³/mol. The summed E-state index contributed by atoms with van der Waals surface area (Å²) in [5, 5.41) is 9.23. The molecule has 44 valence electrons. The van der Waals surface area contributed by atoms with Gasteiger partial charge in [-0.25, -0.2) is 0 Å². The molecule has 0 aliphatic carbocycles. The summed E-state index contributed by atoms with van der Waals surface area (Å²) in [6.07, 6.45) is 0. The van der Waals surface area contributed by atoms with Crippen molar-refractivity contribution in [3.05, 3.63) is 5.33 Å². The summed E-state index contributed by atoms with van der Waals surface area (Å²) in [7, 11) is 0. The Kier molecular flexibility index (Phi) is 31.3. The van der Waals surface area contributed by atoms with E-state index in [2.05, 4.69) is 15.9 Å². The predicted octanol–water partition coefficient (Wildman–Crippen LogP) is -1.34. The van der Waals surface area contributed by atoms with Gasteiger partial charge >= 0.3 is 29.6 Å². The summed E-state index contributed by atoms with van der Waals surface area (Å²) in [6.45, 7) is 3.00. The van der Waals surface area contributed by atoms with E-state index in [4.69, 9.17) is 9.90 Å². The minimum atomic E-state index is -0.833. The maximum absolute atomic E-state index is 9.00. The van der Waals surface area contributed by atoms with Crippen molar-refractivity contribution in [1.82, 2.24) is 0 Å². The Bertz CT molecular complexity index is 45.3. The van der Waals surface area contributed by atoms with Crippen LogP contribution in [0.3, 0.4) is 0 Å². The van der Waals surface area contributed by atoms with E-state index in [1.807, 2.05) is 12.3 Å². The van der Waals surface area contributed by atoms with Crippen molar-refractivity contribution in [1.29, 1.82) is 0 Å². The fourth-order valence-corrected chi connectivity index (χ4v) is 0. The number of hydrogen-bond donors (Lipinski definition) is 1. The Labute approximate surface area is 80.1 Å². The summed E-state index contributed by atoms with van der Waals surface area (Å²) >= 11 is 3.02. The van der Waals surface area contributed by atoms with E-state index >= 15 is 0 Å². The molecule has 0 unspecified atom stereocenters. The summed E-state index contributed by atoms with van der Waals surface area (Å²) in [5.41, 5.74) is 0. The van der Waals surface area contributed by atoms with Crippen LogP contribution in [-0.2, 0) is 4.79 Å². The zero-order valence-electron chi connectivity index (χ0n) is 5.31. The second-order valence-electron chi connectivity index (χ2n) is 0.737. The van der Waals surface area contributed by atoms with E-state index < -0.39 is 5.97 Å². The van der Waals surface area contributed by atoms with Crippen LogP contribution in [0, 0.1) is 5.33 Å². The van der Waals surface area contributed by atoms with E-state index in [1.165, 1.54) is 0 Å². The Morgan fingerprint density at radius 3 is 1.75 bits per heavy atom. The molecule has 0 heterocycles. The van der Waals surface area contributed by atoms with Crippen LogP contribution in [0.5, 0.6) is 0 Å². The molecule has 2 nitrogen and oxygen atoms in total. The molecule has 0 amide bonds. The van der Waals surface area contributed by atoms with Crippen LogP contribution in [0.25, 0.3) is 0 Å². The van der Waals surface area contributed by atoms with Crippen LogP contribution < -0.4 is 29.6 Å². The molecule has 0 fully saturated rings. The van der Waals surface area contributed by atoms with Crippen LogP contribution in [0.2, 0.25) is 0 Å². The zero-order chi connectivity index (χ0) is 6.28. The molecule has 0 saturated heterocycles. The van der Waals surface area contributed by atoms with Gasteiger partial charge in [0, 0.05) is 6.92 Å². The molecule has 0 aromatic heterocycles. The van der Waals surface area contributed by atoms with Gasteiger partial charge in [0.05, 0.1) is 0 Å². The van der Waals surface area contributed by atoms with Crippen molar-refractivity contribution < 1.29 is 39.5 Å². The molecule has 0 aliphatic rings. The first-order valence-electron chi connectivity index (χ1n) is 1.72. The maximum Gasteiger partial charge on any atom is 1.00 e. The third-order valence-corrected chi connectivity index (χ3v) is 0. The van der Waals surface area contributed by atoms with Gasteiger partial charge in [0.2, 0.25) is 0 Å². The van der Waals surface area contributed by atoms with E-state index in [0.717, 1.165) is 6.92 Å². The molecule has 0 atom stereocenters. The van der Waals surface area contributed by atoms with Crippen LogP contribution in [0.4, 0.5) is 0 Å². The first kappa shape index (κ1) is 16.0. The zero-order valence-corrected chi connectivity index (χ0v) is 8.90. The molecule has 0 rings (SSSR count). The SMILES string of the molecule is CC(=O)O.C[CH-]Br.[Na+]. The maximum atomic E-state index is 9.00. The molecule has 0 aromatic rings. The number of aliphatic carboxylic acids is 1. The number of rotatable bonds is 0. The number of carboxylic acid groups (broad SMARTS) is 1. The van der Waals surface area contributed by atoms with Gasteiger partial charge in [0.1, 0.15) is 0 Å². The van der Waals surface area contributed by atoms with Crippen molar-refractivity contribution in [2.24, 2.45) is 0 Å². The Morgan fingerprint density at radius 2 is 1.75 bits per heavy atom. The van der Waals surface area contributed by atoms with Crippen molar-refractivity contribution in [2.45, 2.75) is 13.8 Å². The Morgan fingerprint density at radius 1 is 1.75 bits per heavy atom. The van der Waals surface area contributed by atoms with Crippen LogP contribution in [0.1, 0.15) is 13.8 Å². The minimum Gasteiger partial charge on any atom is -0.481 e. The number of halogens is 1. The van der Waals surface area contributed by atoms with Gasteiger partial charge < -0.3 is 21.0 Å². The van der Waals surface area contributed by atoms with E-state index in [1.54, 1.807) is 0 Å².